The molecule has 0 bridgehead atoms. The molecule has 168 valence electrons. The minimum atomic E-state index is -0.274. The Labute approximate surface area is 194 Å². The third-order valence-electron chi connectivity index (χ3n) is 4.81. The van der Waals surface area contributed by atoms with Gasteiger partial charge in [0.1, 0.15) is 12.3 Å². The van der Waals surface area contributed by atoms with Crippen LogP contribution in [0.3, 0.4) is 0 Å². The van der Waals surface area contributed by atoms with Gasteiger partial charge in [-0.05, 0) is 47.2 Å². The van der Waals surface area contributed by atoms with Crippen LogP contribution in [0.1, 0.15) is 34.6 Å². The number of aromatic nitrogens is 4. The molecule has 0 aliphatic carbocycles. The number of nitrogens with one attached hydrogen (secondary N) is 2. The van der Waals surface area contributed by atoms with Gasteiger partial charge in [-0.25, -0.2) is 4.68 Å². The summed E-state index contributed by atoms with van der Waals surface area (Å²) in [7, 11) is 0. The molecule has 2 aromatic heterocycles. The van der Waals surface area contributed by atoms with Crippen molar-refractivity contribution in [1.82, 2.24) is 25.5 Å². The molecule has 0 radical (unpaired) electrons. The van der Waals surface area contributed by atoms with Crippen molar-refractivity contribution in [2.75, 3.05) is 11.1 Å². The van der Waals surface area contributed by atoms with Crippen molar-refractivity contribution >= 4 is 29.3 Å². The topological polar surface area (TPSA) is 115 Å². The van der Waals surface area contributed by atoms with E-state index in [-0.39, 0.29) is 23.6 Å². The lowest BCUT2D eigenvalue weighted by Gasteiger charge is -2.16. The summed E-state index contributed by atoms with van der Waals surface area (Å²) in [6.45, 7) is 2.28. The van der Waals surface area contributed by atoms with E-state index >= 15 is 0 Å². The Morgan fingerprint density at radius 1 is 1.06 bits per heavy atom. The maximum Gasteiger partial charge on any atom is 0.253 e. The van der Waals surface area contributed by atoms with Crippen LogP contribution in [-0.4, -0.2) is 37.8 Å². The normalized spacial score (nSPS) is 11.7. The van der Waals surface area contributed by atoms with E-state index in [0.717, 1.165) is 5.56 Å². The van der Waals surface area contributed by atoms with Crippen molar-refractivity contribution in [1.29, 1.82) is 0 Å². The van der Waals surface area contributed by atoms with Crippen molar-refractivity contribution in [2.24, 2.45) is 0 Å². The number of furan rings is 1. The number of para-hydroxylation sites is 1. The summed E-state index contributed by atoms with van der Waals surface area (Å²) >= 11 is 1.20. The van der Waals surface area contributed by atoms with E-state index in [1.54, 1.807) is 41.3 Å². The first-order chi connectivity index (χ1) is 16.1. The monoisotopic (exact) mass is 462 g/mol. The molecule has 0 aliphatic rings. The van der Waals surface area contributed by atoms with Gasteiger partial charge in [0.15, 0.2) is 0 Å². The Bertz CT molecular complexity index is 1210. The van der Waals surface area contributed by atoms with E-state index in [1.165, 1.54) is 11.8 Å². The molecule has 9 nitrogen and oxygen atoms in total. The minimum Gasteiger partial charge on any atom is -0.467 e. The highest BCUT2D eigenvalue weighted by Crippen LogP contribution is 2.20. The Morgan fingerprint density at radius 2 is 1.85 bits per heavy atom. The molecule has 2 amide bonds. The molecule has 10 heteroatoms. The number of rotatable bonds is 9. The Hall–Kier alpha value is -3.92. The number of carbonyl (C=O) groups excluding carboxylic acids is 2. The van der Waals surface area contributed by atoms with Crippen LogP contribution >= 0.6 is 11.8 Å². The molecule has 2 N–H and O–H groups in total. The van der Waals surface area contributed by atoms with Crippen LogP contribution in [0.15, 0.2) is 82.6 Å². The second kappa shape index (κ2) is 10.6. The predicted octanol–water partition coefficient (Wildman–Crippen LogP) is 3.54. The lowest BCUT2D eigenvalue weighted by Crippen LogP contribution is -2.28. The first-order valence-corrected chi connectivity index (χ1v) is 11.2. The first kappa shape index (κ1) is 22.3. The highest BCUT2D eigenvalue weighted by atomic mass is 32.2. The van der Waals surface area contributed by atoms with Gasteiger partial charge in [0.25, 0.3) is 5.91 Å². The first-order valence-electron chi connectivity index (χ1n) is 10.3. The van der Waals surface area contributed by atoms with Crippen LogP contribution in [-0.2, 0) is 11.3 Å². The van der Waals surface area contributed by atoms with Crippen LogP contribution in [0.5, 0.6) is 0 Å². The fourth-order valence-corrected chi connectivity index (χ4v) is 3.83. The van der Waals surface area contributed by atoms with Gasteiger partial charge < -0.3 is 15.1 Å². The molecule has 4 rings (SSSR count). The van der Waals surface area contributed by atoms with Crippen LogP contribution < -0.4 is 10.6 Å². The highest BCUT2D eigenvalue weighted by molar-refractivity contribution is 7.99. The number of hydrogen-bond donors (Lipinski definition) is 2. The van der Waals surface area contributed by atoms with E-state index in [9.17, 15) is 9.59 Å². The molecule has 0 spiro atoms. The molecule has 33 heavy (non-hydrogen) atoms. The predicted molar refractivity (Wildman–Crippen MR) is 124 cm³/mol. The van der Waals surface area contributed by atoms with Gasteiger partial charge >= 0.3 is 0 Å². The summed E-state index contributed by atoms with van der Waals surface area (Å²) in [6, 6.07) is 20.0. The molecule has 0 aliphatic heterocycles. The third-order valence-corrected chi connectivity index (χ3v) is 5.77. The maximum atomic E-state index is 12.9. The number of thioether (sulfide) groups is 1. The van der Waals surface area contributed by atoms with E-state index in [0.29, 0.717) is 28.7 Å². The summed E-state index contributed by atoms with van der Waals surface area (Å²) in [4.78, 5) is 25.5. The molecule has 2 aromatic carbocycles. The average Bonchev–Trinajstić information content (AvgIpc) is 3.51. The van der Waals surface area contributed by atoms with Gasteiger partial charge in [-0.2, -0.15) is 0 Å². The van der Waals surface area contributed by atoms with Crippen molar-refractivity contribution in [2.45, 2.75) is 24.7 Å². The molecule has 0 saturated carbocycles. The fourth-order valence-electron chi connectivity index (χ4n) is 3.16. The zero-order valence-electron chi connectivity index (χ0n) is 17.8. The number of hydrogen-bond acceptors (Lipinski definition) is 7. The second-order valence-electron chi connectivity index (χ2n) is 7.19. The number of anilines is 1. The van der Waals surface area contributed by atoms with Crippen molar-refractivity contribution in [3.8, 4) is 0 Å². The number of amides is 2. The van der Waals surface area contributed by atoms with Crippen molar-refractivity contribution in [3.63, 3.8) is 0 Å². The molecule has 2 heterocycles. The van der Waals surface area contributed by atoms with Gasteiger partial charge in [-0.15, -0.1) is 5.10 Å². The van der Waals surface area contributed by atoms with Gasteiger partial charge in [0.2, 0.25) is 11.1 Å². The summed E-state index contributed by atoms with van der Waals surface area (Å²) in [5.41, 5.74) is 1.83. The number of tetrazole rings is 1. The number of carbonyl (C=O) groups is 2. The minimum absolute atomic E-state index is 0.0783. The summed E-state index contributed by atoms with van der Waals surface area (Å²) in [5, 5.41) is 17.8. The summed E-state index contributed by atoms with van der Waals surface area (Å²) in [6.07, 6.45) is 1.58. The number of benzene rings is 2. The van der Waals surface area contributed by atoms with Crippen molar-refractivity contribution in [3.05, 3.63) is 89.9 Å². The lowest BCUT2D eigenvalue weighted by atomic mass is 10.1. The zero-order valence-corrected chi connectivity index (χ0v) is 18.7. The molecular formula is C23H22N6O3S. The molecule has 4 aromatic rings. The average molecular weight is 463 g/mol. The van der Waals surface area contributed by atoms with Crippen LogP contribution in [0.25, 0.3) is 0 Å². The van der Waals surface area contributed by atoms with Gasteiger partial charge in [0.05, 0.1) is 29.3 Å². The van der Waals surface area contributed by atoms with E-state index in [1.807, 2.05) is 43.3 Å². The van der Waals surface area contributed by atoms with Gasteiger partial charge in [0, 0.05) is 0 Å². The molecule has 1 unspecified atom stereocenters. The van der Waals surface area contributed by atoms with Crippen LogP contribution in [0, 0.1) is 0 Å². The van der Waals surface area contributed by atoms with Crippen molar-refractivity contribution < 1.29 is 14.0 Å². The quantitative estimate of drug-likeness (QED) is 0.366. The maximum absolute atomic E-state index is 12.9. The lowest BCUT2D eigenvalue weighted by molar-refractivity contribution is -0.113. The Balaban J connectivity index is 1.36. The van der Waals surface area contributed by atoms with E-state index in [2.05, 4.69) is 26.2 Å². The highest BCUT2D eigenvalue weighted by Gasteiger charge is 2.17. The second-order valence-corrected chi connectivity index (χ2v) is 8.13. The van der Waals surface area contributed by atoms with Gasteiger partial charge in [-0.1, -0.05) is 54.2 Å². The summed E-state index contributed by atoms with van der Waals surface area (Å²) in [5.74, 6) is 0.244. The number of nitrogens with zero attached hydrogens (tertiary/aromatic N) is 4. The molecule has 0 fully saturated rings. The zero-order chi connectivity index (χ0) is 23.0. The Morgan fingerprint density at radius 3 is 2.64 bits per heavy atom. The standard InChI is InChI=1S/C23H22N6O3S/c1-16(17-8-3-2-4-9-17)24-22(31)19-11-5-6-12-20(19)25-21(30)15-33-23-26-27-28-29(23)14-18-10-7-13-32-18/h2-13,16H,14-15H2,1H3,(H,24,31)(H,25,30). The van der Waals surface area contributed by atoms with E-state index < -0.39 is 0 Å². The SMILES string of the molecule is CC(NC(=O)c1ccccc1NC(=O)CSc1nnnn1Cc1ccco1)c1ccccc1. The summed E-state index contributed by atoms with van der Waals surface area (Å²) < 4.78 is 6.87. The largest absolute Gasteiger partial charge is 0.467 e. The smallest absolute Gasteiger partial charge is 0.253 e. The molecule has 0 saturated heterocycles. The molecular weight excluding hydrogens is 440 g/mol. The third kappa shape index (κ3) is 5.86. The van der Waals surface area contributed by atoms with Gasteiger partial charge in [-0.3, -0.25) is 9.59 Å². The molecule has 1 atom stereocenters. The fraction of sp³-hybridized carbons (Fsp3) is 0.174. The van der Waals surface area contributed by atoms with Crippen LogP contribution in [0.4, 0.5) is 5.69 Å². The van der Waals surface area contributed by atoms with Crippen LogP contribution in [0.2, 0.25) is 0 Å². The van der Waals surface area contributed by atoms with E-state index in [4.69, 9.17) is 4.42 Å². The Kier molecular flexibility index (Phi) is 7.16.